The van der Waals surface area contributed by atoms with Gasteiger partial charge in [-0.25, -0.2) is 0 Å². The van der Waals surface area contributed by atoms with Crippen LogP contribution in [0.3, 0.4) is 0 Å². The molecule has 0 radical (unpaired) electrons. The lowest BCUT2D eigenvalue weighted by Crippen LogP contribution is -2.50. The van der Waals surface area contributed by atoms with Gasteiger partial charge in [0.1, 0.15) is 13.7 Å². The Balaban J connectivity index is 1.39. The van der Waals surface area contributed by atoms with Gasteiger partial charge in [-0.1, -0.05) is 40.7 Å². The summed E-state index contributed by atoms with van der Waals surface area (Å²) in [7, 11) is -1.67. The number of carbonyl (C=O) groups excluding carboxylic acids is 2. The first kappa shape index (κ1) is 36.5. The van der Waals surface area contributed by atoms with Gasteiger partial charge in [-0.3, -0.25) is 19.2 Å². The molecule has 2 amide bonds. The van der Waals surface area contributed by atoms with E-state index >= 15 is 0 Å². The number of thiophene rings is 2. The summed E-state index contributed by atoms with van der Waals surface area (Å²) in [5.41, 5.74) is 0.427. The molecule has 0 aliphatic carbocycles. The van der Waals surface area contributed by atoms with Crippen molar-refractivity contribution in [3.63, 3.8) is 0 Å². The standard InChI is InChI=1S/C28H32B2N4O12S2/c1-43-33-26(28(40)32-22-9-3-6-18(13-24(37)38)46-30(22)42)20-11-16(15-48-20)14-44-34-25(19-7-4-10-47-19)27(39)31-21-8-2-5-17(12-23(35)36)45-29(21)41/h2-7,10-11,15,17-18,21-22,41-42H,8-9,12-14H2,1H3,(H,31,39)(H,32,40)(H,35,36)(H,37,38)/b33-26+,34-25-/t17-,18-,21+,22+/m1/s1. The summed E-state index contributed by atoms with van der Waals surface area (Å²) in [6.07, 6.45) is 4.26. The number of amides is 2. The van der Waals surface area contributed by atoms with Gasteiger partial charge in [0.25, 0.3) is 11.8 Å². The molecule has 4 heterocycles. The predicted molar refractivity (Wildman–Crippen MR) is 175 cm³/mol. The van der Waals surface area contributed by atoms with Gasteiger partial charge >= 0.3 is 26.2 Å². The summed E-state index contributed by atoms with van der Waals surface area (Å²) in [5.74, 6) is -5.28. The number of rotatable bonds is 14. The largest absolute Gasteiger partial charge is 0.481 e. The van der Waals surface area contributed by atoms with Crippen LogP contribution in [0.25, 0.3) is 0 Å². The first-order chi connectivity index (χ1) is 23.0. The molecule has 0 fully saturated rings. The van der Waals surface area contributed by atoms with Crippen molar-refractivity contribution < 1.29 is 58.4 Å². The zero-order valence-electron chi connectivity index (χ0n) is 25.5. The number of oxime groups is 2. The maximum Gasteiger partial charge on any atom is 0.478 e. The summed E-state index contributed by atoms with van der Waals surface area (Å²) in [6, 6.07) is 5.01. The van der Waals surface area contributed by atoms with Crippen LogP contribution in [-0.2, 0) is 44.8 Å². The zero-order valence-corrected chi connectivity index (χ0v) is 27.1. The molecule has 0 aromatic carbocycles. The van der Waals surface area contributed by atoms with Crippen molar-refractivity contribution in [3.8, 4) is 0 Å². The van der Waals surface area contributed by atoms with Gasteiger partial charge in [0.2, 0.25) is 0 Å². The van der Waals surface area contributed by atoms with Crippen LogP contribution < -0.4 is 10.6 Å². The van der Waals surface area contributed by atoms with Crippen LogP contribution in [0, 0.1) is 0 Å². The van der Waals surface area contributed by atoms with E-state index in [9.17, 15) is 29.2 Å². The quantitative estimate of drug-likeness (QED) is 0.0692. The van der Waals surface area contributed by atoms with Gasteiger partial charge in [0, 0.05) is 5.56 Å². The summed E-state index contributed by atoms with van der Waals surface area (Å²) in [4.78, 5) is 59.8. The van der Waals surface area contributed by atoms with E-state index in [-0.39, 0.29) is 43.7 Å². The lowest BCUT2D eigenvalue weighted by Gasteiger charge is -2.20. The Morgan fingerprint density at radius 1 is 0.896 bits per heavy atom. The number of hydrogen-bond acceptors (Lipinski definition) is 14. The van der Waals surface area contributed by atoms with Crippen LogP contribution in [0.2, 0.25) is 0 Å². The molecule has 4 rings (SSSR count). The van der Waals surface area contributed by atoms with Gasteiger partial charge < -0.3 is 49.9 Å². The third kappa shape index (κ3) is 10.6. The highest BCUT2D eigenvalue weighted by atomic mass is 32.1. The Morgan fingerprint density at radius 3 is 1.96 bits per heavy atom. The van der Waals surface area contributed by atoms with Gasteiger partial charge in [-0.05, 0) is 35.7 Å². The number of aliphatic carboxylic acids is 2. The highest BCUT2D eigenvalue weighted by Gasteiger charge is 2.35. The van der Waals surface area contributed by atoms with Crippen LogP contribution >= 0.6 is 22.7 Å². The Morgan fingerprint density at radius 2 is 1.46 bits per heavy atom. The van der Waals surface area contributed by atoms with Crippen LogP contribution in [-0.4, -0.2) is 101 Å². The van der Waals surface area contributed by atoms with Crippen molar-refractivity contribution in [1.82, 2.24) is 10.6 Å². The summed E-state index contributed by atoms with van der Waals surface area (Å²) in [6.45, 7) is -0.0970. The van der Waals surface area contributed by atoms with E-state index in [1.165, 1.54) is 30.6 Å². The Kier molecular flexibility index (Phi) is 13.5. The van der Waals surface area contributed by atoms with Gasteiger partial charge in [0.05, 0.1) is 46.7 Å². The molecular weight excluding hydrogens is 670 g/mol. The average molecular weight is 702 g/mol. The van der Waals surface area contributed by atoms with Gasteiger partial charge in [-0.2, -0.15) is 0 Å². The summed E-state index contributed by atoms with van der Waals surface area (Å²) in [5, 5.41) is 55.6. The lowest BCUT2D eigenvalue weighted by molar-refractivity contribution is -0.139. The number of carboxylic acids is 2. The predicted octanol–water partition coefficient (Wildman–Crippen LogP) is 0.730. The highest BCUT2D eigenvalue weighted by molar-refractivity contribution is 7.13. The monoisotopic (exact) mass is 702 g/mol. The molecule has 2 aromatic rings. The number of carbonyl (C=O) groups is 4. The van der Waals surface area contributed by atoms with Crippen molar-refractivity contribution in [2.45, 2.75) is 56.4 Å². The van der Waals surface area contributed by atoms with E-state index in [0.717, 1.165) is 11.3 Å². The third-order valence-electron chi connectivity index (χ3n) is 6.82. The minimum atomic E-state index is -1.47. The van der Waals surface area contributed by atoms with Gasteiger partial charge in [0.15, 0.2) is 11.4 Å². The molecule has 2 aliphatic rings. The van der Waals surface area contributed by atoms with E-state index in [1.807, 2.05) is 0 Å². The number of nitrogens with zero attached hydrogens (tertiary/aromatic N) is 2. The molecule has 6 N–H and O–H groups in total. The topological polar surface area (TPSA) is 235 Å². The van der Waals surface area contributed by atoms with Crippen molar-refractivity contribution in [3.05, 3.63) is 68.6 Å². The van der Waals surface area contributed by atoms with E-state index in [0.29, 0.717) is 15.3 Å². The third-order valence-corrected chi connectivity index (χ3v) is 8.69. The van der Waals surface area contributed by atoms with E-state index in [4.69, 9.17) is 29.2 Å². The fraction of sp³-hybridized carbons (Fsp3) is 0.357. The second-order valence-electron chi connectivity index (χ2n) is 10.4. The molecule has 254 valence electrons. The first-order valence-corrected chi connectivity index (χ1v) is 16.3. The lowest BCUT2D eigenvalue weighted by atomic mass is 9.77. The molecular formula is C28H32B2N4O12S2. The zero-order chi connectivity index (χ0) is 34.6. The maximum absolute atomic E-state index is 13.3. The molecule has 0 bridgehead atoms. The molecule has 0 spiro atoms. The number of nitrogens with one attached hydrogen (secondary N) is 2. The first-order valence-electron chi connectivity index (χ1n) is 14.5. The normalized spacial score (nSPS) is 21.6. The van der Waals surface area contributed by atoms with Crippen molar-refractivity contribution >= 4 is 72.1 Å². The van der Waals surface area contributed by atoms with Crippen LogP contribution in [0.4, 0.5) is 0 Å². The molecule has 0 saturated carbocycles. The second kappa shape index (κ2) is 17.7. The molecule has 2 aromatic heterocycles. The fourth-order valence-electron chi connectivity index (χ4n) is 4.58. The molecule has 2 aliphatic heterocycles. The van der Waals surface area contributed by atoms with Crippen molar-refractivity contribution in [2.24, 2.45) is 10.3 Å². The molecule has 0 saturated heterocycles. The minimum absolute atomic E-state index is 0.0622. The Labute approximate surface area is 283 Å². The van der Waals surface area contributed by atoms with Crippen LogP contribution in [0.15, 0.2) is 63.6 Å². The molecule has 16 nitrogen and oxygen atoms in total. The minimum Gasteiger partial charge on any atom is -0.481 e. The molecule has 4 atom stereocenters. The Bertz CT molecular complexity index is 1560. The van der Waals surface area contributed by atoms with Crippen LogP contribution in [0.5, 0.6) is 0 Å². The molecule has 0 unspecified atom stereocenters. The maximum atomic E-state index is 13.3. The van der Waals surface area contributed by atoms with Gasteiger partial charge in [-0.15, -0.1) is 22.7 Å². The molecule has 48 heavy (non-hydrogen) atoms. The summed E-state index contributed by atoms with van der Waals surface area (Å²) < 4.78 is 10.8. The van der Waals surface area contributed by atoms with Crippen LogP contribution in [0.1, 0.15) is 41.0 Å². The number of carboxylic acid groups (broad SMARTS) is 2. The smallest absolute Gasteiger partial charge is 0.478 e. The average Bonchev–Trinajstić information content (AvgIpc) is 3.66. The van der Waals surface area contributed by atoms with Crippen molar-refractivity contribution in [1.29, 1.82) is 0 Å². The van der Waals surface area contributed by atoms with E-state index < -0.39 is 62.1 Å². The van der Waals surface area contributed by atoms with E-state index in [2.05, 4.69) is 20.9 Å². The summed E-state index contributed by atoms with van der Waals surface area (Å²) >= 11 is 2.40. The van der Waals surface area contributed by atoms with Crippen molar-refractivity contribution in [2.75, 3.05) is 7.11 Å². The number of hydrogen-bond donors (Lipinski definition) is 6. The van der Waals surface area contributed by atoms with E-state index in [1.54, 1.807) is 41.1 Å². The Hall–Kier alpha value is -4.33. The fourth-order valence-corrected chi connectivity index (χ4v) is 6.16. The molecule has 20 heteroatoms. The SMILES string of the molecule is CO/N=C(/C(=O)N[C@H]1CC=C[C@H](CC(=O)O)OB1O)c1cc(CO/N=C(\C(=O)N[C@H]2CC=C[C@H](CC(=O)O)OB2O)c2cccs2)cs1. The second-order valence-corrected chi connectivity index (χ2v) is 12.3. The highest BCUT2D eigenvalue weighted by Crippen LogP contribution is 2.20.